The molecule has 0 radical (unpaired) electrons. The van der Waals surface area contributed by atoms with E-state index in [2.05, 4.69) is 11.8 Å². The second-order valence-corrected chi connectivity index (χ2v) is 7.84. The van der Waals surface area contributed by atoms with E-state index in [9.17, 15) is 9.18 Å². The van der Waals surface area contributed by atoms with Crippen LogP contribution in [0, 0.1) is 11.7 Å². The number of carboxylic acid groups (broad SMARTS) is 2. The van der Waals surface area contributed by atoms with Gasteiger partial charge in [0.15, 0.2) is 6.61 Å². The van der Waals surface area contributed by atoms with Gasteiger partial charge in [0.05, 0.1) is 5.69 Å². The van der Waals surface area contributed by atoms with Gasteiger partial charge in [-0.05, 0) is 56.9 Å². The summed E-state index contributed by atoms with van der Waals surface area (Å²) in [6, 6.07) is 4.38. The monoisotopic (exact) mass is 438 g/mol. The maximum absolute atomic E-state index is 13.3. The SMILES string of the molecule is CCCCC1CCN(CCCN2C(=O)COc3cc(F)ccc32)CC1.O=C(O)C(=O)O. The number of ether oxygens (including phenoxy) is 1. The van der Waals surface area contributed by atoms with Gasteiger partial charge in [-0.1, -0.05) is 26.2 Å². The summed E-state index contributed by atoms with van der Waals surface area (Å²) in [6.07, 6.45) is 7.56. The Kier molecular flexibility index (Phi) is 9.71. The highest BCUT2D eigenvalue weighted by atomic mass is 19.1. The van der Waals surface area contributed by atoms with Gasteiger partial charge in [-0.15, -0.1) is 0 Å². The Morgan fingerprint density at radius 1 is 1.13 bits per heavy atom. The first-order valence-electron chi connectivity index (χ1n) is 10.7. The average molecular weight is 438 g/mol. The van der Waals surface area contributed by atoms with Crippen LogP contribution in [-0.2, 0) is 14.4 Å². The van der Waals surface area contributed by atoms with Gasteiger partial charge in [0.1, 0.15) is 11.6 Å². The zero-order valence-electron chi connectivity index (χ0n) is 17.9. The standard InChI is InChI=1S/C20H29FN2O2.C2H2O4/c1-2-3-5-16-8-12-22(13-9-16)10-4-11-23-18-7-6-17(21)14-19(18)25-15-20(23)24;3-1(4)2(5)6/h6-7,14,16H,2-5,8-13,15H2,1H3;(H,3,4)(H,5,6). The van der Waals surface area contributed by atoms with Crippen LogP contribution in [0.2, 0.25) is 0 Å². The van der Waals surface area contributed by atoms with Gasteiger partial charge < -0.3 is 24.7 Å². The van der Waals surface area contributed by atoms with E-state index >= 15 is 0 Å². The predicted octanol–water partition coefficient (Wildman–Crippen LogP) is 3.00. The highest BCUT2D eigenvalue weighted by Crippen LogP contribution is 2.32. The molecule has 2 aliphatic rings. The maximum atomic E-state index is 13.3. The summed E-state index contributed by atoms with van der Waals surface area (Å²) in [6.45, 7) is 6.28. The van der Waals surface area contributed by atoms with Crippen molar-refractivity contribution in [2.45, 2.75) is 45.4 Å². The van der Waals surface area contributed by atoms with E-state index in [0.29, 0.717) is 18.0 Å². The van der Waals surface area contributed by atoms with Gasteiger partial charge in [0, 0.05) is 12.6 Å². The lowest BCUT2D eigenvalue weighted by Crippen LogP contribution is -2.41. The van der Waals surface area contributed by atoms with Crippen LogP contribution in [0.4, 0.5) is 10.1 Å². The molecule has 0 saturated carbocycles. The summed E-state index contributed by atoms with van der Waals surface area (Å²) >= 11 is 0. The number of carboxylic acids is 2. The van der Waals surface area contributed by atoms with Crippen molar-refractivity contribution < 1.29 is 33.7 Å². The van der Waals surface area contributed by atoms with Crippen molar-refractivity contribution in [1.82, 2.24) is 4.90 Å². The van der Waals surface area contributed by atoms with Crippen LogP contribution in [-0.4, -0.2) is 65.7 Å². The Hall–Kier alpha value is -2.68. The number of rotatable bonds is 7. The average Bonchev–Trinajstić information content (AvgIpc) is 2.75. The Balaban J connectivity index is 0.000000501. The van der Waals surface area contributed by atoms with Crippen LogP contribution in [0.15, 0.2) is 18.2 Å². The normalized spacial score (nSPS) is 16.7. The second kappa shape index (κ2) is 12.2. The van der Waals surface area contributed by atoms with Gasteiger partial charge in [-0.25, -0.2) is 14.0 Å². The van der Waals surface area contributed by atoms with E-state index in [1.54, 1.807) is 11.0 Å². The molecule has 2 heterocycles. The minimum atomic E-state index is -1.82. The van der Waals surface area contributed by atoms with Crippen LogP contribution in [0.25, 0.3) is 0 Å². The van der Waals surface area contributed by atoms with Crippen LogP contribution < -0.4 is 9.64 Å². The molecular weight excluding hydrogens is 407 g/mol. The number of amides is 1. The Bertz CT molecular complexity index is 752. The van der Waals surface area contributed by atoms with Crippen molar-refractivity contribution in [2.24, 2.45) is 5.92 Å². The van der Waals surface area contributed by atoms with Crippen molar-refractivity contribution in [2.75, 3.05) is 37.7 Å². The number of nitrogens with zero attached hydrogens (tertiary/aromatic N) is 2. The Morgan fingerprint density at radius 3 is 2.42 bits per heavy atom. The summed E-state index contributed by atoms with van der Waals surface area (Å²) in [5.41, 5.74) is 0.691. The molecule has 0 unspecified atom stereocenters. The summed E-state index contributed by atoms with van der Waals surface area (Å²) in [5, 5.41) is 14.8. The number of hydrogen-bond acceptors (Lipinski definition) is 5. The number of halogens is 1. The highest BCUT2D eigenvalue weighted by molar-refractivity contribution is 6.27. The number of hydrogen-bond donors (Lipinski definition) is 2. The van der Waals surface area contributed by atoms with Gasteiger partial charge in [0.2, 0.25) is 0 Å². The number of fused-ring (bicyclic) bond motifs is 1. The molecule has 0 bridgehead atoms. The summed E-state index contributed by atoms with van der Waals surface area (Å²) in [5.74, 6) is -2.66. The molecule has 0 spiro atoms. The number of carbonyl (C=O) groups excluding carboxylic acids is 1. The van der Waals surface area contributed by atoms with E-state index < -0.39 is 11.9 Å². The number of carbonyl (C=O) groups is 3. The quantitative estimate of drug-likeness (QED) is 0.630. The molecule has 9 heteroatoms. The minimum absolute atomic E-state index is 0.000718. The molecule has 1 saturated heterocycles. The number of anilines is 1. The molecule has 2 aliphatic heterocycles. The van der Waals surface area contributed by atoms with Gasteiger partial charge in [-0.3, -0.25) is 4.79 Å². The number of likely N-dealkylation sites (tertiary alicyclic amines) is 1. The van der Waals surface area contributed by atoms with Gasteiger partial charge >= 0.3 is 11.9 Å². The highest BCUT2D eigenvalue weighted by Gasteiger charge is 2.26. The van der Waals surface area contributed by atoms with Crippen LogP contribution in [0.5, 0.6) is 5.75 Å². The molecule has 1 fully saturated rings. The molecule has 1 aromatic carbocycles. The fraction of sp³-hybridized carbons (Fsp3) is 0.591. The first-order valence-corrected chi connectivity index (χ1v) is 10.7. The largest absolute Gasteiger partial charge is 0.481 e. The maximum Gasteiger partial charge on any atom is 0.414 e. The summed E-state index contributed by atoms with van der Waals surface area (Å²) in [4.78, 5) is 34.6. The fourth-order valence-corrected chi connectivity index (χ4v) is 3.87. The van der Waals surface area contributed by atoms with Crippen molar-refractivity contribution in [1.29, 1.82) is 0 Å². The number of unbranched alkanes of at least 4 members (excludes halogenated alkanes) is 1. The molecule has 1 aromatic rings. The smallest absolute Gasteiger partial charge is 0.414 e. The van der Waals surface area contributed by atoms with Crippen molar-refractivity contribution in [3.63, 3.8) is 0 Å². The van der Waals surface area contributed by atoms with Crippen LogP contribution >= 0.6 is 0 Å². The molecule has 1 amide bonds. The third kappa shape index (κ3) is 7.82. The molecule has 0 aromatic heterocycles. The zero-order chi connectivity index (χ0) is 22.8. The molecule has 0 aliphatic carbocycles. The third-order valence-corrected chi connectivity index (χ3v) is 5.58. The first-order chi connectivity index (χ1) is 14.8. The van der Waals surface area contributed by atoms with E-state index in [1.807, 2.05) is 0 Å². The molecule has 172 valence electrons. The molecule has 8 nitrogen and oxygen atoms in total. The predicted molar refractivity (Wildman–Crippen MR) is 113 cm³/mol. The van der Waals surface area contributed by atoms with Gasteiger partial charge in [-0.2, -0.15) is 0 Å². The van der Waals surface area contributed by atoms with E-state index in [4.69, 9.17) is 24.5 Å². The van der Waals surface area contributed by atoms with Crippen LogP contribution in [0.1, 0.15) is 45.4 Å². The van der Waals surface area contributed by atoms with E-state index in [1.165, 1.54) is 57.3 Å². The zero-order valence-corrected chi connectivity index (χ0v) is 17.9. The number of aliphatic carboxylic acids is 2. The Labute approximate surface area is 181 Å². The van der Waals surface area contributed by atoms with Crippen molar-refractivity contribution in [3.05, 3.63) is 24.0 Å². The lowest BCUT2D eigenvalue weighted by molar-refractivity contribution is -0.159. The first kappa shape index (κ1) is 24.6. The lowest BCUT2D eigenvalue weighted by atomic mass is 9.91. The number of benzene rings is 1. The summed E-state index contributed by atoms with van der Waals surface area (Å²) < 4.78 is 18.7. The lowest BCUT2D eigenvalue weighted by Gasteiger charge is -2.33. The molecule has 3 rings (SSSR count). The van der Waals surface area contributed by atoms with E-state index in [-0.39, 0.29) is 18.3 Å². The number of piperidine rings is 1. The molecule has 2 N–H and O–H groups in total. The summed E-state index contributed by atoms with van der Waals surface area (Å²) in [7, 11) is 0. The Morgan fingerprint density at radius 2 is 1.81 bits per heavy atom. The van der Waals surface area contributed by atoms with Crippen molar-refractivity contribution in [3.8, 4) is 5.75 Å². The topological polar surface area (TPSA) is 107 Å². The van der Waals surface area contributed by atoms with Crippen molar-refractivity contribution >= 4 is 23.5 Å². The van der Waals surface area contributed by atoms with E-state index in [0.717, 1.165) is 18.9 Å². The minimum Gasteiger partial charge on any atom is -0.481 e. The van der Waals surface area contributed by atoms with Gasteiger partial charge in [0.25, 0.3) is 5.91 Å². The molecular formula is C22H31FN2O6. The molecule has 0 atom stereocenters. The third-order valence-electron chi connectivity index (χ3n) is 5.58. The molecule has 31 heavy (non-hydrogen) atoms. The fourth-order valence-electron chi connectivity index (χ4n) is 3.87. The second-order valence-electron chi connectivity index (χ2n) is 7.84. The van der Waals surface area contributed by atoms with Crippen LogP contribution in [0.3, 0.4) is 0 Å².